The molecule has 1 saturated heterocycles. The normalized spacial score (nSPS) is 21.7. The first-order valence-electron chi connectivity index (χ1n) is 6.72. The molecule has 1 aliphatic rings. The fraction of sp³-hybridized carbons (Fsp3) is 0.571. The Kier molecular flexibility index (Phi) is 5.37. The van der Waals surface area contributed by atoms with E-state index < -0.39 is 10.0 Å². The molecule has 0 radical (unpaired) electrons. The van der Waals surface area contributed by atoms with E-state index in [0.29, 0.717) is 10.9 Å². The lowest BCUT2D eigenvalue weighted by molar-refractivity contribution is 0.255. The molecule has 2 rings (SSSR count). The monoisotopic (exact) mass is 303 g/mol. The van der Waals surface area contributed by atoms with E-state index in [9.17, 15) is 8.60 Å². The van der Waals surface area contributed by atoms with E-state index in [-0.39, 0.29) is 5.82 Å². The highest BCUT2D eigenvalue weighted by Gasteiger charge is 2.23. The van der Waals surface area contributed by atoms with Gasteiger partial charge in [-0.25, -0.2) is 8.60 Å². The second-order valence-corrected chi connectivity index (χ2v) is 6.67. The third kappa shape index (κ3) is 3.77. The van der Waals surface area contributed by atoms with Gasteiger partial charge in [0.1, 0.15) is 15.8 Å². The first-order valence-corrected chi connectivity index (χ1v) is 8.70. The summed E-state index contributed by atoms with van der Waals surface area (Å²) in [4.78, 5) is 3.00. The summed E-state index contributed by atoms with van der Waals surface area (Å²) in [7, 11) is 4.08. The fourth-order valence-corrected chi connectivity index (χ4v) is 3.85. The summed E-state index contributed by atoms with van der Waals surface area (Å²) in [5, 5.41) is 0. The van der Waals surface area contributed by atoms with Gasteiger partial charge < -0.3 is 4.90 Å². The van der Waals surface area contributed by atoms with E-state index in [1.54, 1.807) is 0 Å². The molecule has 0 amide bonds. The Morgan fingerprint density at radius 1 is 1.53 bits per heavy atom. The Balaban J connectivity index is 2.06. The van der Waals surface area contributed by atoms with Crippen molar-refractivity contribution >= 4 is 20.7 Å². The van der Waals surface area contributed by atoms with Gasteiger partial charge in [0.05, 0.1) is 4.90 Å². The maximum Gasteiger partial charge on any atom is 0.147 e. The summed E-state index contributed by atoms with van der Waals surface area (Å²) in [6.45, 7) is 4.38. The molecule has 0 N–H and O–H groups in total. The summed E-state index contributed by atoms with van der Waals surface area (Å²) in [6, 6.07) is 4.86. The largest absolute Gasteiger partial charge is 0.301 e. The maximum absolute atomic E-state index is 13.3. The van der Waals surface area contributed by atoms with Crippen LogP contribution in [-0.2, 0) is 16.4 Å². The average molecular weight is 304 g/mol. The van der Waals surface area contributed by atoms with Gasteiger partial charge >= 0.3 is 0 Å². The Morgan fingerprint density at radius 2 is 2.32 bits per heavy atom. The third-order valence-electron chi connectivity index (χ3n) is 3.85. The fourth-order valence-electron chi connectivity index (χ4n) is 2.86. The molecule has 1 aliphatic heterocycles. The molecule has 1 fully saturated rings. The predicted octanol–water partition coefficient (Wildman–Crippen LogP) is 3.50. The van der Waals surface area contributed by atoms with Crippen molar-refractivity contribution in [3.63, 3.8) is 0 Å². The Morgan fingerprint density at radius 3 is 3.00 bits per heavy atom. The average Bonchev–Trinajstić information content (AvgIpc) is 2.83. The van der Waals surface area contributed by atoms with Gasteiger partial charge in [-0.15, -0.1) is 0 Å². The van der Waals surface area contributed by atoms with Crippen LogP contribution in [0.25, 0.3) is 0 Å². The molecule has 2 nitrogen and oxygen atoms in total. The minimum absolute atomic E-state index is 0.292. The van der Waals surface area contributed by atoms with E-state index >= 15 is 0 Å². The predicted molar refractivity (Wildman–Crippen MR) is 77.3 cm³/mol. The minimum Gasteiger partial charge on any atom is -0.301 e. The number of hydrogen-bond acceptors (Lipinski definition) is 2. The van der Waals surface area contributed by atoms with Crippen LogP contribution in [0.1, 0.15) is 31.7 Å². The van der Waals surface area contributed by atoms with Gasteiger partial charge in [-0.1, -0.05) is 6.92 Å². The summed E-state index contributed by atoms with van der Waals surface area (Å²) < 4.78 is 24.7. The van der Waals surface area contributed by atoms with Crippen LogP contribution >= 0.6 is 10.7 Å². The van der Waals surface area contributed by atoms with Crippen LogP contribution in [-0.4, -0.2) is 28.2 Å². The highest BCUT2D eigenvalue weighted by Crippen LogP contribution is 2.24. The highest BCUT2D eigenvalue weighted by molar-refractivity contribution is 8.08. The number of likely N-dealkylation sites (tertiary alicyclic amines) is 1. The Labute approximate surface area is 120 Å². The SMILES string of the molecule is CCN1CCC[C@@H]1CCc1cc(F)ccc1S(=O)Cl. The standard InChI is InChI=1S/C14H19ClFNOS/c1-2-17-9-3-4-13(17)7-5-11-10-12(16)6-8-14(11)19(15)18/h6,8,10,13H,2-5,7,9H2,1H3/t13-,19?/m1/s1. The van der Waals surface area contributed by atoms with Crippen molar-refractivity contribution in [1.29, 1.82) is 0 Å². The molecular formula is C14H19ClFNOS. The number of rotatable bonds is 5. The number of aryl methyl sites for hydroxylation is 1. The van der Waals surface area contributed by atoms with Crippen molar-refractivity contribution in [2.75, 3.05) is 13.1 Å². The van der Waals surface area contributed by atoms with E-state index in [0.717, 1.165) is 31.5 Å². The van der Waals surface area contributed by atoms with E-state index in [4.69, 9.17) is 10.7 Å². The van der Waals surface area contributed by atoms with E-state index in [1.165, 1.54) is 31.0 Å². The highest BCUT2D eigenvalue weighted by atomic mass is 35.7. The first kappa shape index (κ1) is 14.9. The molecule has 1 unspecified atom stereocenters. The zero-order chi connectivity index (χ0) is 13.8. The quantitative estimate of drug-likeness (QED) is 0.776. The van der Waals surface area contributed by atoms with Gasteiger partial charge in [-0.3, -0.25) is 0 Å². The van der Waals surface area contributed by atoms with Gasteiger partial charge in [0.25, 0.3) is 0 Å². The molecule has 0 spiro atoms. The van der Waals surface area contributed by atoms with E-state index in [1.807, 2.05) is 0 Å². The van der Waals surface area contributed by atoms with E-state index in [2.05, 4.69) is 11.8 Å². The van der Waals surface area contributed by atoms with Crippen LogP contribution in [0.2, 0.25) is 0 Å². The molecule has 0 aliphatic carbocycles. The van der Waals surface area contributed by atoms with Crippen LogP contribution in [0, 0.1) is 5.82 Å². The van der Waals surface area contributed by atoms with Crippen LogP contribution in [0.5, 0.6) is 0 Å². The van der Waals surface area contributed by atoms with Gasteiger partial charge in [0, 0.05) is 6.04 Å². The lowest BCUT2D eigenvalue weighted by Gasteiger charge is -2.22. The number of hydrogen-bond donors (Lipinski definition) is 0. The van der Waals surface area contributed by atoms with Gasteiger partial charge in [-0.05, 0) is 73.2 Å². The molecular weight excluding hydrogens is 285 g/mol. The van der Waals surface area contributed by atoms with Gasteiger partial charge in [0.15, 0.2) is 0 Å². The second-order valence-electron chi connectivity index (χ2n) is 4.94. The summed E-state index contributed by atoms with van der Waals surface area (Å²) >= 11 is 0. The van der Waals surface area contributed by atoms with Crippen molar-refractivity contribution in [3.8, 4) is 0 Å². The van der Waals surface area contributed by atoms with Crippen LogP contribution in [0.3, 0.4) is 0 Å². The van der Waals surface area contributed by atoms with Gasteiger partial charge in [-0.2, -0.15) is 0 Å². The third-order valence-corrected chi connectivity index (χ3v) is 5.09. The molecule has 19 heavy (non-hydrogen) atoms. The molecule has 1 aromatic carbocycles. The van der Waals surface area contributed by atoms with Crippen LogP contribution < -0.4 is 0 Å². The summed E-state index contributed by atoms with van der Waals surface area (Å²) in [6.07, 6.45) is 4.13. The first-order chi connectivity index (χ1) is 9.11. The zero-order valence-electron chi connectivity index (χ0n) is 11.1. The smallest absolute Gasteiger partial charge is 0.147 e. The van der Waals surface area contributed by atoms with Crippen molar-refractivity contribution in [2.24, 2.45) is 0 Å². The minimum atomic E-state index is -1.57. The Hall–Kier alpha value is -0.450. The molecule has 0 aromatic heterocycles. The number of halogens is 2. The molecule has 5 heteroatoms. The zero-order valence-corrected chi connectivity index (χ0v) is 12.6. The van der Waals surface area contributed by atoms with Crippen molar-refractivity contribution in [1.82, 2.24) is 4.90 Å². The van der Waals surface area contributed by atoms with Crippen LogP contribution in [0.15, 0.2) is 23.1 Å². The molecule has 106 valence electrons. The summed E-state index contributed by atoms with van der Waals surface area (Å²) in [5.74, 6) is -0.292. The van der Waals surface area contributed by atoms with Gasteiger partial charge in [0.2, 0.25) is 0 Å². The molecule has 1 aromatic rings. The lowest BCUT2D eigenvalue weighted by Crippen LogP contribution is -2.29. The maximum atomic E-state index is 13.3. The molecule has 2 atom stereocenters. The molecule has 0 saturated carbocycles. The molecule has 1 heterocycles. The number of benzene rings is 1. The Bertz CT molecular complexity index is 469. The molecule has 0 bridgehead atoms. The van der Waals surface area contributed by atoms with Crippen molar-refractivity contribution in [2.45, 2.75) is 43.5 Å². The van der Waals surface area contributed by atoms with Crippen LogP contribution in [0.4, 0.5) is 4.39 Å². The number of nitrogens with zero attached hydrogens (tertiary/aromatic N) is 1. The van der Waals surface area contributed by atoms with Crippen molar-refractivity contribution < 1.29 is 8.60 Å². The topological polar surface area (TPSA) is 20.3 Å². The van der Waals surface area contributed by atoms with Crippen molar-refractivity contribution in [3.05, 3.63) is 29.6 Å². The lowest BCUT2D eigenvalue weighted by atomic mass is 10.0. The summed E-state index contributed by atoms with van der Waals surface area (Å²) in [5.41, 5.74) is 0.774. The second kappa shape index (κ2) is 6.82.